The molecule has 1 saturated heterocycles. The summed E-state index contributed by atoms with van der Waals surface area (Å²) in [6, 6.07) is 8.13. The van der Waals surface area contributed by atoms with Crippen LogP contribution in [0.25, 0.3) is 0 Å². The van der Waals surface area contributed by atoms with E-state index in [0.29, 0.717) is 12.3 Å². The zero-order valence-corrected chi connectivity index (χ0v) is 17.4. The van der Waals surface area contributed by atoms with E-state index in [1.807, 2.05) is 23.1 Å². The number of hydrogen-bond acceptors (Lipinski definition) is 3. The van der Waals surface area contributed by atoms with Crippen molar-refractivity contribution in [1.82, 2.24) is 4.90 Å². The Labute approximate surface area is 165 Å². The quantitative estimate of drug-likeness (QED) is 0.468. The molecule has 4 nitrogen and oxygen atoms in total. The van der Waals surface area contributed by atoms with Crippen molar-refractivity contribution in [2.45, 2.75) is 71.1 Å². The normalized spacial score (nSPS) is 14.4. The summed E-state index contributed by atoms with van der Waals surface area (Å²) in [4.78, 5) is 16.8. The van der Waals surface area contributed by atoms with Crippen LogP contribution in [0.2, 0.25) is 0 Å². The van der Waals surface area contributed by atoms with E-state index >= 15 is 0 Å². The van der Waals surface area contributed by atoms with Crippen molar-refractivity contribution in [1.29, 1.82) is 0 Å². The Morgan fingerprint density at radius 1 is 0.889 bits per heavy atom. The summed E-state index contributed by atoms with van der Waals surface area (Å²) in [7, 11) is 1.71. The number of carbonyl (C=O) groups is 1. The fourth-order valence-corrected chi connectivity index (χ4v) is 3.83. The number of hydrogen-bond donors (Lipinski definition) is 0. The number of amides is 1. The summed E-state index contributed by atoms with van der Waals surface area (Å²) in [6.45, 7) is 5.64. The molecule has 0 aliphatic carbocycles. The summed E-state index contributed by atoms with van der Waals surface area (Å²) in [5.41, 5.74) is 1.13. The lowest BCUT2D eigenvalue weighted by Gasteiger charge is -2.36. The van der Waals surface area contributed by atoms with Crippen molar-refractivity contribution in [2.24, 2.45) is 0 Å². The van der Waals surface area contributed by atoms with Gasteiger partial charge in [-0.2, -0.15) is 0 Å². The molecule has 152 valence electrons. The molecule has 2 rings (SSSR count). The number of piperazine rings is 1. The highest BCUT2D eigenvalue weighted by molar-refractivity contribution is 5.76. The lowest BCUT2D eigenvalue weighted by atomic mass is 10.1. The lowest BCUT2D eigenvalue weighted by Crippen LogP contribution is -2.48. The molecule has 1 aromatic rings. The second-order valence-corrected chi connectivity index (χ2v) is 7.62. The average molecular weight is 375 g/mol. The van der Waals surface area contributed by atoms with Crippen molar-refractivity contribution < 1.29 is 9.53 Å². The molecule has 0 unspecified atom stereocenters. The Morgan fingerprint density at radius 2 is 1.48 bits per heavy atom. The minimum atomic E-state index is 0.331. The minimum Gasteiger partial charge on any atom is -0.495 e. The van der Waals surface area contributed by atoms with Gasteiger partial charge in [0.2, 0.25) is 5.91 Å². The number of anilines is 1. The number of methoxy groups -OCH3 is 1. The first-order valence-corrected chi connectivity index (χ1v) is 10.9. The van der Waals surface area contributed by atoms with Crippen LogP contribution in [0, 0.1) is 0 Å². The molecule has 1 amide bonds. The van der Waals surface area contributed by atoms with Gasteiger partial charge in [0.05, 0.1) is 12.8 Å². The first-order valence-electron chi connectivity index (χ1n) is 10.9. The summed E-state index contributed by atoms with van der Waals surface area (Å²) >= 11 is 0. The Kier molecular flexibility index (Phi) is 10.1. The number of ether oxygens (including phenoxy) is 1. The maximum absolute atomic E-state index is 12.5. The molecule has 0 spiro atoms. The van der Waals surface area contributed by atoms with Gasteiger partial charge in [-0.05, 0) is 18.6 Å². The Morgan fingerprint density at radius 3 is 2.11 bits per heavy atom. The largest absolute Gasteiger partial charge is 0.495 e. The molecule has 0 radical (unpaired) electrons. The molecule has 4 heteroatoms. The van der Waals surface area contributed by atoms with Crippen LogP contribution >= 0.6 is 0 Å². The Balaban J connectivity index is 1.58. The molecule has 27 heavy (non-hydrogen) atoms. The standard InChI is InChI=1S/C23H38N2O2/c1-3-4-5-6-7-8-9-10-11-16-23(26)25-19-17-24(18-20-25)21-14-12-13-15-22(21)27-2/h12-15H,3-11,16-20H2,1-2H3. The molecule has 0 bridgehead atoms. The van der Waals surface area contributed by atoms with E-state index in [9.17, 15) is 4.79 Å². The van der Waals surface area contributed by atoms with Crippen LogP contribution in [0.5, 0.6) is 5.75 Å². The monoisotopic (exact) mass is 374 g/mol. The highest BCUT2D eigenvalue weighted by Gasteiger charge is 2.22. The lowest BCUT2D eigenvalue weighted by molar-refractivity contribution is -0.131. The van der Waals surface area contributed by atoms with Crippen molar-refractivity contribution >= 4 is 11.6 Å². The van der Waals surface area contributed by atoms with Gasteiger partial charge in [-0.25, -0.2) is 0 Å². The van der Waals surface area contributed by atoms with Crippen LogP contribution < -0.4 is 9.64 Å². The van der Waals surface area contributed by atoms with Gasteiger partial charge in [-0.15, -0.1) is 0 Å². The Bertz CT molecular complexity index is 539. The number of rotatable bonds is 12. The second-order valence-electron chi connectivity index (χ2n) is 7.62. The molecule has 1 aliphatic heterocycles. The first-order chi connectivity index (χ1) is 13.3. The van der Waals surface area contributed by atoms with Crippen LogP contribution in [0.1, 0.15) is 71.1 Å². The van der Waals surface area contributed by atoms with E-state index in [0.717, 1.165) is 44.0 Å². The smallest absolute Gasteiger partial charge is 0.222 e. The molecule has 0 atom stereocenters. The van der Waals surface area contributed by atoms with Crippen LogP contribution in [-0.4, -0.2) is 44.1 Å². The van der Waals surface area contributed by atoms with Crippen LogP contribution in [0.15, 0.2) is 24.3 Å². The molecule has 0 saturated carbocycles. The van der Waals surface area contributed by atoms with Gasteiger partial charge in [0.25, 0.3) is 0 Å². The van der Waals surface area contributed by atoms with Gasteiger partial charge in [-0.1, -0.05) is 70.4 Å². The van der Waals surface area contributed by atoms with Gasteiger partial charge in [0, 0.05) is 32.6 Å². The molecule has 0 aromatic heterocycles. The highest BCUT2D eigenvalue weighted by atomic mass is 16.5. The highest BCUT2D eigenvalue weighted by Crippen LogP contribution is 2.28. The number of nitrogens with zero attached hydrogens (tertiary/aromatic N) is 2. The first kappa shape index (κ1) is 21.6. The predicted molar refractivity (Wildman–Crippen MR) is 114 cm³/mol. The number of carbonyl (C=O) groups excluding carboxylic acids is 1. The van der Waals surface area contributed by atoms with Gasteiger partial charge >= 0.3 is 0 Å². The fourth-order valence-electron chi connectivity index (χ4n) is 3.83. The third-order valence-corrected chi connectivity index (χ3v) is 5.55. The molecular formula is C23H38N2O2. The van der Waals surface area contributed by atoms with E-state index in [2.05, 4.69) is 17.9 Å². The SMILES string of the molecule is CCCCCCCCCCCC(=O)N1CCN(c2ccccc2OC)CC1. The van der Waals surface area contributed by atoms with Crippen molar-refractivity contribution in [3.63, 3.8) is 0 Å². The number of benzene rings is 1. The van der Waals surface area contributed by atoms with Gasteiger partial charge in [0.15, 0.2) is 0 Å². The third kappa shape index (κ3) is 7.43. The van der Waals surface area contributed by atoms with Gasteiger partial charge < -0.3 is 14.5 Å². The van der Waals surface area contributed by atoms with Crippen LogP contribution in [0.3, 0.4) is 0 Å². The molecule has 1 aliphatic rings. The fraction of sp³-hybridized carbons (Fsp3) is 0.696. The van der Waals surface area contributed by atoms with E-state index in [-0.39, 0.29) is 0 Å². The van der Waals surface area contributed by atoms with Gasteiger partial charge in [-0.3, -0.25) is 4.79 Å². The Hall–Kier alpha value is -1.71. The minimum absolute atomic E-state index is 0.331. The molecule has 0 N–H and O–H groups in total. The van der Waals surface area contributed by atoms with Crippen molar-refractivity contribution in [3.05, 3.63) is 24.3 Å². The van der Waals surface area contributed by atoms with E-state index in [4.69, 9.17) is 4.74 Å². The number of para-hydroxylation sites is 2. The van der Waals surface area contributed by atoms with Crippen LogP contribution in [0.4, 0.5) is 5.69 Å². The maximum Gasteiger partial charge on any atom is 0.222 e. The molecule has 1 aromatic carbocycles. The van der Waals surface area contributed by atoms with Gasteiger partial charge in [0.1, 0.15) is 5.75 Å². The van der Waals surface area contributed by atoms with E-state index < -0.39 is 0 Å². The zero-order valence-electron chi connectivity index (χ0n) is 17.4. The van der Waals surface area contributed by atoms with Crippen LogP contribution in [-0.2, 0) is 4.79 Å². The summed E-state index contributed by atoms with van der Waals surface area (Å²) in [5.74, 6) is 1.24. The third-order valence-electron chi connectivity index (χ3n) is 5.55. The molecule has 1 heterocycles. The summed E-state index contributed by atoms with van der Waals surface area (Å²) < 4.78 is 5.46. The molecule has 1 fully saturated rings. The molecular weight excluding hydrogens is 336 g/mol. The summed E-state index contributed by atoms with van der Waals surface area (Å²) in [5, 5.41) is 0. The van der Waals surface area contributed by atoms with Crippen molar-refractivity contribution in [3.8, 4) is 5.75 Å². The zero-order chi connectivity index (χ0) is 19.3. The van der Waals surface area contributed by atoms with Crippen molar-refractivity contribution in [2.75, 3.05) is 38.2 Å². The van der Waals surface area contributed by atoms with E-state index in [1.165, 1.54) is 51.4 Å². The topological polar surface area (TPSA) is 32.8 Å². The summed E-state index contributed by atoms with van der Waals surface area (Å²) in [6.07, 6.45) is 12.4. The second kappa shape index (κ2) is 12.6. The van der Waals surface area contributed by atoms with E-state index in [1.54, 1.807) is 7.11 Å². The predicted octanol–water partition coefficient (Wildman–Crippen LogP) is 5.26. The maximum atomic E-state index is 12.5. The average Bonchev–Trinajstić information content (AvgIpc) is 2.72. The number of unbranched alkanes of at least 4 members (excludes halogenated alkanes) is 8.